The number of hydrogen-bond acceptors (Lipinski definition) is 2. The molecule has 1 aromatic rings. The first-order valence-corrected chi connectivity index (χ1v) is 3.31. The van der Waals surface area contributed by atoms with Gasteiger partial charge in [0.15, 0.2) is 0 Å². The highest BCUT2D eigenvalue weighted by Gasteiger charge is 2.03. The van der Waals surface area contributed by atoms with Gasteiger partial charge in [0.25, 0.3) is 0 Å². The van der Waals surface area contributed by atoms with E-state index < -0.39 is 0 Å². The van der Waals surface area contributed by atoms with Crippen LogP contribution in [0, 0.1) is 12.7 Å². The fourth-order valence-corrected chi connectivity index (χ4v) is 0.933. The molecule has 11 heavy (non-hydrogen) atoms. The Balaban J connectivity index is 3.00. The number of rotatable bonds is 2. The van der Waals surface area contributed by atoms with Crippen molar-refractivity contribution in [3.05, 3.63) is 35.1 Å². The van der Waals surface area contributed by atoms with Crippen molar-refractivity contribution in [2.45, 2.75) is 13.5 Å². The van der Waals surface area contributed by atoms with Gasteiger partial charge in [0.05, 0.1) is 6.61 Å². The van der Waals surface area contributed by atoms with Crippen LogP contribution >= 0.6 is 0 Å². The van der Waals surface area contributed by atoms with Crippen LogP contribution in [0.3, 0.4) is 0 Å². The number of benzene rings is 1. The van der Waals surface area contributed by atoms with E-state index >= 15 is 0 Å². The Bertz CT molecular complexity index is 230. The lowest BCUT2D eigenvalue weighted by molar-refractivity contribution is 0.121. The van der Waals surface area contributed by atoms with Crippen LogP contribution in [-0.2, 0) is 11.4 Å². The summed E-state index contributed by atoms with van der Waals surface area (Å²) in [6, 6.07) is 4.86. The molecule has 0 aliphatic heterocycles. The van der Waals surface area contributed by atoms with Crippen LogP contribution in [0.1, 0.15) is 11.1 Å². The minimum Gasteiger partial charge on any atom is -0.300 e. The summed E-state index contributed by atoms with van der Waals surface area (Å²) in [6.45, 7) is 1.94. The first-order chi connectivity index (χ1) is 5.25. The van der Waals surface area contributed by atoms with E-state index in [2.05, 4.69) is 4.84 Å². The fraction of sp³-hybridized carbons (Fsp3) is 0.250. The molecule has 0 radical (unpaired) electrons. The van der Waals surface area contributed by atoms with E-state index in [1.807, 2.05) is 13.0 Å². The smallest absolute Gasteiger partial charge is 0.129 e. The van der Waals surface area contributed by atoms with Gasteiger partial charge < -0.3 is 0 Å². The molecule has 0 heterocycles. The molecule has 0 bridgehead atoms. The van der Waals surface area contributed by atoms with E-state index in [-0.39, 0.29) is 12.4 Å². The molecular weight excluding hydrogens is 145 g/mol. The monoisotopic (exact) mass is 155 g/mol. The van der Waals surface area contributed by atoms with Crippen LogP contribution in [0.5, 0.6) is 0 Å². The van der Waals surface area contributed by atoms with Gasteiger partial charge in [0.2, 0.25) is 0 Å². The van der Waals surface area contributed by atoms with Gasteiger partial charge in [-0.3, -0.25) is 4.84 Å². The van der Waals surface area contributed by atoms with E-state index in [0.29, 0.717) is 5.56 Å². The Morgan fingerprint density at radius 3 is 2.82 bits per heavy atom. The maximum atomic E-state index is 12.9. The maximum Gasteiger partial charge on any atom is 0.129 e. The average Bonchev–Trinajstić information content (AvgIpc) is 1.97. The molecule has 0 amide bonds. The van der Waals surface area contributed by atoms with Gasteiger partial charge in [-0.1, -0.05) is 12.1 Å². The Hall–Kier alpha value is -0.930. The van der Waals surface area contributed by atoms with E-state index in [9.17, 15) is 4.39 Å². The van der Waals surface area contributed by atoms with E-state index in [0.717, 1.165) is 5.56 Å². The number of hydrogen-bond donors (Lipinski definition) is 1. The lowest BCUT2D eigenvalue weighted by atomic mass is 10.1. The van der Waals surface area contributed by atoms with Gasteiger partial charge >= 0.3 is 0 Å². The third-order valence-corrected chi connectivity index (χ3v) is 1.58. The van der Waals surface area contributed by atoms with Gasteiger partial charge in [0, 0.05) is 5.56 Å². The van der Waals surface area contributed by atoms with E-state index in [1.54, 1.807) is 6.07 Å². The summed E-state index contributed by atoms with van der Waals surface area (Å²) >= 11 is 0. The molecule has 0 atom stereocenters. The van der Waals surface area contributed by atoms with Crippen molar-refractivity contribution in [1.82, 2.24) is 0 Å². The highest BCUT2D eigenvalue weighted by molar-refractivity contribution is 5.26. The molecular formula is C8H10FNO. The highest BCUT2D eigenvalue weighted by atomic mass is 19.1. The zero-order valence-electron chi connectivity index (χ0n) is 6.30. The minimum atomic E-state index is -0.268. The molecule has 0 saturated carbocycles. The first-order valence-electron chi connectivity index (χ1n) is 3.31. The van der Waals surface area contributed by atoms with E-state index in [1.165, 1.54) is 6.07 Å². The molecule has 0 unspecified atom stereocenters. The lowest BCUT2D eigenvalue weighted by Crippen LogP contribution is -2.02. The molecule has 0 aliphatic carbocycles. The summed E-state index contributed by atoms with van der Waals surface area (Å²) in [4.78, 5) is 4.35. The SMILES string of the molecule is Cc1cccc(F)c1CON. The summed E-state index contributed by atoms with van der Waals surface area (Å²) in [5.74, 6) is 4.56. The van der Waals surface area contributed by atoms with Crippen molar-refractivity contribution >= 4 is 0 Å². The second-order valence-corrected chi connectivity index (χ2v) is 2.35. The predicted molar refractivity (Wildman–Crippen MR) is 40.1 cm³/mol. The molecule has 0 aliphatic rings. The standard InChI is InChI=1S/C8H10FNO/c1-6-3-2-4-8(9)7(6)5-11-10/h2-4H,5,10H2,1H3. The summed E-state index contributed by atoms with van der Waals surface area (Å²) < 4.78 is 12.9. The van der Waals surface area contributed by atoms with Gasteiger partial charge in [0.1, 0.15) is 5.82 Å². The predicted octanol–water partition coefficient (Wildman–Crippen LogP) is 1.52. The molecule has 60 valence electrons. The van der Waals surface area contributed by atoms with Crippen molar-refractivity contribution < 1.29 is 9.23 Å². The van der Waals surface area contributed by atoms with Crippen molar-refractivity contribution in [1.29, 1.82) is 0 Å². The second-order valence-electron chi connectivity index (χ2n) is 2.35. The molecule has 0 spiro atoms. The van der Waals surface area contributed by atoms with Crippen LogP contribution in [-0.4, -0.2) is 0 Å². The lowest BCUT2D eigenvalue weighted by Gasteiger charge is -2.03. The first kappa shape index (κ1) is 8.17. The highest BCUT2D eigenvalue weighted by Crippen LogP contribution is 2.12. The van der Waals surface area contributed by atoms with Crippen molar-refractivity contribution in [3.8, 4) is 0 Å². The van der Waals surface area contributed by atoms with Crippen LogP contribution in [0.25, 0.3) is 0 Å². The summed E-state index contributed by atoms with van der Waals surface area (Å²) in [7, 11) is 0. The van der Waals surface area contributed by atoms with E-state index in [4.69, 9.17) is 5.90 Å². The molecule has 0 aromatic heterocycles. The van der Waals surface area contributed by atoms with Crippen molar-refractivity contribution in [2.24, 2.45) is 5.90 Å². The second kappa shape index (κ2) is 3.46. The summed E-state index contributed by atoms with van der Waals surface area (Å²) in [5.41, 5.74) is 1.38. The Morgan fingerprint density at radius 1 is 1.55 bits per heavy atom. The summed E-state index contributed by atoms with van der Waals surface area (Å²) in [6.07, 6.45) is 0. The average molecular weight is 155 g/mol. The Labute approximate surface area is 64.7 Å². The van der Waals surface area contributed by atoms with Gasteiger partial charge in [-0.25, -0.2) is 10.3 Å². The third kappa shape index (κ3) is 1.76. The van der Waals surface area contributed by atoms with Gasteiger partial charge in [-0.2, -0.15) is 0 Å². The molecule has 1 rings (SSSR count). The third-order valence-electron chi connectivity index (χ3n) is 1.58. The molecule has 3 heteroatoms. The van der Waals surface area contributed by atoms with Gasteiger partial charge in [-0.05, 0) is 18.6 Å². The molecule has 1 aromatic carbocycles. The largest absolute Gasteiger partial charge is 0.300 e. The normalized spacial score (nSPS) is 10.1. The zero-order chi connectivity index (χ0) is 8.27. The number of aryl methyl sites for hydroxylation is 1. The van der Waals surface area contributed by atoms with Crippen LogP contribution in [0.2, 0.25) is 0 Å². The molecule has 2 nitrogen and oxygen atoms in total. The quantitative estimate of drug-likeness (QED) is 0.657. The zero-order valence-corrected chi connectivity index (χ0v) is 6.30. The van der Waals surface area contributed by atoms with Crippen molar-refractivity contribution in [2.75, 3.05) is 0 Å². The van der Waals surface area contributed by atoms with Crippen LogP contribution < -0.4 is 5.90 Å². The fourth-order valence-electron chi connectivity index (χ4n) is 0.933. The van der Waals surface area contributed by atoms with Crippen molar-refractivity contribution in [3.63, 3.8) is 0 Å². The van der Waals surface area contributed by atoms with Crippen LogP contribution in [0.4, 0.5) is 4.39 Å². The Morgan fingerprint density at radius 2 is 2.27 bits per heavy atom. The topological polar surface area (TPSA) is 35.2 Å². The van der Waals surface area contributed by atoms with Crippen LogP contribution in [0.15, 0.2) is 18.2 Å². The minimum absolute atomic E-state index is 0.124. The number of halogens is 1. The molecule has 2 N–H and O–H groups in total. The molecule has 0 saturated heterocycles. The van der Waals surface area contributed by atoms with Gasteiger partial charge in [-0.15, -0.1) is 0 Å². The number of nitrogens with two attached hydrogens (primary N) is 1. The summed E-state index contributed by atoms with van der Waals surface area (Å²) in [5, 5.41) is 0. The molecule has 0 fully saturated rings. The Kier molecular flexibility index (Phi) is 2.57. The maximum absolute atomic E-state index is 12.9.